The van der Waals surface area contributed by atoms with Crippen LogP contribution in [0.3, 0.4) is 0 Å². The van der Waals surface area contributed by atoms with Crippen LogP contribution in [0.25, 0.3) is 0 Å². The Balaban J connectivity index is 1.77. The minimum Gasteiger partial charge on any atom is -0.469 e. The van der Waals surface area contributed by atoms with Gasteiger partial charge in [0.1, 0.15) is 17.3 Å². The van der Waals surface area contributed by atoms with E-state index in [1.54, 1.807) is 30.1 Å². The van der Waals surface area contributed by atoms with Crippen molar-refractivity contribution in [2.24, 2.45) is 4.99 Å². The van der Waals surface area contributed by atoms with Crippen molar-refractivity contribution in [2.45, 2.75) is 25.6 Å². The number of nitrogens with zero attached hydrogens (tertiary/aromatic N) is 4. The van der Waals surface area contributed by atoms with Crippen molar-refractivity contribution in [2.75, 3.05) is 43.6 Å². The molecule has 3 aromatic rings. The molecule has 4 rings (SSSR count). The van der Waals surface area contributed by atoms with Gasteiger partial charge in [0.25, 0.3) is 0 Å². The van der Waals surface area contributed by atoms with E-state index >= 15 is 4.39 Å². The SMILES string of the molecule is CCN(CCN(C)C1=Nc2c(F)cccc2C(CC(=O)OC)N1c1cccc(C(F)(F)F)c1)c1ccc(F)cc1. The molecule has 0 saturated carbocycles. The van der Waals surface area contributed by atoms with Gasteiger partial charge in [0.05, 0.1) is 25.1 Å². The molecule has 6 nitrogen and oxygen atoms in total. The number of aliphatic imine (C=N–C) groups is 1. The summed E-state index contributed by atoms with van der Waals surface area (Å²) in [7, 11) is 2.90. The minimum atomic E-state index is -4.60. The molecule has 0 spiro atoms. The van der Waals surface area contributed by atoms with Gasteiger partial charge in [-0.1, -0.05) is 18.2 Å². The lowest BCUT2D eigenvalue weighted by Gasteiger charge is -2.41. The molecule has 40 heavy (non-hydrogen) atoms. The molecule has 0 bridgehead atoms. The van der Waals surface area contributed by atoms with Crippen LogP contribution in [0.1, 0.15) is 30.5 Å². The number of rotatable bonds is 8. The second-order valence-electron chi connectivity index (χ2n) is 9.28. The molecule has 212 valence electrons. The number of carbonyl (C=O) groups excluding carboxylic acids is 1. The molecule has 0 amide bonds. The fourth-order valence-corrected chi connectivity index (χ4v) is 4.68. The third-order valence-electron chi connectivity index (χ3n) is 6.78. The molecule has 0 aliphatic carbocycles. The van der Waals surface area contributed by atoms with Gasteiger partial charge in [0.2, 0.25) is 5.96 Å². The first-order chi connectivity index (χ1) is 19.0. The fourth-order valence-electron chi connectivity index (χ4n) is 4.68. The van der Waals surface area contributed by atoms with Crippen molar-refractivity contribution in [1.29, 1.82) is 0 Å². The Hall–Kier alpha value is -4.15. The molecule has 0 fully saturated rings. The summed E-state index contributed by atoms with van der Waals surface area (Å²) in [6.45, 7) is 3.31. The highest BCUT2D eigenvalue weighted by Gasteiger charge is 2.38. The van der Waals surface area contributed by atoms with Gasteiger partial charge >= 0.3 is 12.1 Å². The molecule has 0 N–H and O–H groups in total. The average Bonchev–Trinajstić information content (AvgIpc) is 2.93. The van der Waals surface area contributed by atoms with Crippen LogP contribution in [0.2, 0.25) is 0 Å². The number of para-hydroxylation sites is 1. The van der Waals surface area contributed by atoms with Crippen LogP contribution in [0.5, 0.6) is 0 Å². The van der Waals surface area contributed by atoms with Gasteiger partial charge in [-0.3, -0.25) is 4.79 Å². The standard InChI is InChI=1S/C29H29F5N4O2/c1-4-37(21-13-11-20(30)12-14-21)16-15-36(2)28-35-27-23(9-6-10-24(27)31)25(18-26(39)40-3)38(28)22-8-5-7-19(17-22)29(32,33)34/h5-14,17,25H,4,15-16,18H2,1-3H3. The minimum absolute atomic E-state index is 0.00682. The summed E-state index contributed by atoms with van der Waals surface area (Å²) in [6, 6.07) is 14.2. The van der Waals surface area contributed by atoms with Crippen LogP contribution < -0.4 is 9.80 Å². The number of fused-ring (bicyclic) bond motifs is 1. The number of benzene rings is 3. The molecular weight excluding hydrogens is 531 g/mol. The van der Waals surface area contributed by atoms with E-state index in [1.165, 1.54) is 48.4 Å². The highest BCUT2D eigenvalue weighted by molar-refractivity contribution is 6.01. The van der Waals surface area contributed by atoms with Crippen LogP contribution in [0, 0.1) is 11.6 Å². The van der Waals surface area contributed by atoms with Gasteiger partial charge in [-0.05, 0) is 55.5 Å². The summed E-state index contributed by atoms with van der Waals surface area (Å²) in [5.41, 5.74) is 0.406. The van der Waals surface area contributed by atoms with Crippen LogP contribution in [0.4, 0.5) is 39.0 Å². The van der Waals surface area contributed by atoms with Crippen LogP contribution in [0.15, 0.2) is 71.7 Å². The van der Waals surface area contributed by atoms with E-state index in [4.69, 9.17) is 4.74 Å². The van der Waals surface area contributed by atoms with E-state index < -0.39 is 29.6 Å². The van der Waals surface area contributed by atoms with Gasteiger partial charge in [0.15, 0.2) is 0 Å². The lowest BCUT2D eigenvalue weighted by Crippen LogP contribution is -2.49. The number of hydrogen-bond acceptors (Lipinski definition) is 6. The normalized spacial score (nSPS) is 14.8. The Bertz CT molecular complexity index is 1380. The van der Waals surface area contributed by atoms with Crippen LogP contribution in [-0.2, 0) is 15.7 Å². The molecule has 1 aliphatic heterocycles. The lowest BCUT2D eigenvalue weighted by atomic mass is 9.97. The number of halogens is 5. The molecule has 1 aliphatic rings. The van der Waals surface area contributed by atoms with Crippen molar-refractivity contribution >= 4 is 29.0 Å². The number of guanidine groups is 1. The van der Waals surface area contributed by atoms with E-state index in [0.717, 1.165) is 17.8 Å². The van der Waals surface area contributed by atoms with Crippen molar-refractivity contribution in [1.82, 2.24) is 4.90 Å². The third kappa shape index (κ3) is 6.19. The van der Waals surface area contributed by atoms with Gasteiger partial charge < -0.3 is 19.4 Å². The molecule has 1 heterocycles. The number of anilines is 2. The van der Waals surface area contributed by atoms with E-state index in [9.17, 15) is 22.4 Å². The van der Waals surface area contributed by atoms with Gasteiger partial charge in [-0.15, -0.1) is 0 Å². The average molecular weight is 561 g/mol. The molecule has 0 aromatic heterocycles. The Labute approximate surface area is 229 Å². The largest absolute Gasteiger partial charge is 0.469 e. The molecule has 0 saturated heterocycles. The third-order valence-corrected chi connectivity index (χ3v) is 6.78. The Morgan fingerprint density at radius 2 is 1.73 bits per heavy atom. The monoisotopic (exact) mass is 560 g/mol. The van der Waals surface area contributed by atoms with Gasteiger partial charge in [-0.2, -0.15) is 13.2 Å². The number of esters is 1. The molecular formula is C29H29F5N4O2. The van der Waals surface area contributed by atoms with Gasteiger partial charge in [0, 0.05) is 43.6 Å². The summed E-state index contributed by atoms with van der Waals surface area (Å²) in [5, 5.41) is 0. The summed E-state index contributed by atoms with van der Waals surface area (Å²) < 4.78 is 74.4. The molecule has 0 radical (unpaired) electrons. The number of ether oxygens (including phenoxy) is 1. The summed E-state index contributed by atoms with van der Waals surface area (Å²) in [4.78, 5) is 22.2. The second-order valence-corrected chi connectivity index (χ2v) is 9.28. The van der Waals surface area contributed by atoms with E-state index in [0.29, 0.717) is 25.2 Å². The molecule has 3 aromatic carbocycles. The maximum atomic E-state index is 15.0. The maximum Gasteiger partial charge on any atom is 0.416 e. The maximum absolute atomic E-state index is 15.0. The van der Waals surface area contributed by atoms with Crippen molar-refractivity contribution in [3.63, 3.8) is 0 Å². The molecule has 1 unspecified atom stereocenters. The first kappa shape index (κ1) is 28.8. The zero-order valence-corrected chi connectivity index (χ0v) is 22.3. The van der Waals surface area contributed by atoms with Gasteiger partial charge in [-0.25, -0.2) is 13.8 Å². The van der Waals surface area contributed by atoms with Crippen molar-refractivity contribution in [3.8, 4) is 0 Å². The predicted octanol–water partition coefficient (Wildman–Crippen LogP) is 6.55. The fraction of sp³-hybridized carbons (Fsp3) is 0.310. The quantitative estimate of drug-likeness (QED) is 0.231. The van der Waals surface area contributed by atoms with Crippen molar-refractivity contribution in [3.05, 3.63) is 89.5 Å². The van der Waals surface area contributed by atoms with E-state index in [1.807, 2.05) is 11.8 Å². The summed E-state index contributed by atoms with van der Waals surface area (Å²) in [6.07, 6.45) is -4.86. The number of hydrogen-bond donors (Lipinski definition) is 0. The zero-order valence-electron chi connectivity index (χ0n) is 22.3. The Kier molecular flexibility index (Phi) is 8.61. The Morgan fingerprint density at radius 3 is 2.38 bits per heavy atom. The second kappa shape index (κ2) is 11.9. The van der Waals surface area contributed by atoms with Crippen molar-refractivity contribution < 1.29 is 31.5 Å². The number of alkyl halides is 3. The number of methoxy groups -OCH3 is 1. The summed E-state index contributed by atoms with van der Waals surface area (Å²) >= 11 is 0. The van der Waals surface area contributed by atoms with Crippen LogP contribution in [-0.4, -0.2) is 50.6 Å². The van der Waals surface area contributed by atoms with Crippen LogP contribution >= 0.6 is 0 Å². The van der Waals surface area contributed by atoms with E-state index in [-0.39, 0.29) is 29.6 Å². The molecule has 1 atom stereocenters. The highest BCUT2D eigenvalue weighted by Crippen LogP contribution is 2.43. The first-order valence-electron chi connectivity index (χ1n) is 12.7. The smallest absolute Gasteiger partial charge is 0.416 e. The zero-order chi connectivity index (χ0) is 29.0. The first-order valence-corrected chi connectivity index (χ1v) is 12.7. The lowest BCUT2D eigenvalue weighted by molar-refractivity contribution is -0.141. The predicted molar refractivity (Wildman–Crippen MR) is 144 cm³/mol. The highest BCUT2D eigenvalue weighted by atomic mass is 19.4. The number of likely N-dealkylation sites (N-methyl/N-ethyl adjacent to an activating group) is 2. The Morgan fingerprint density at radius 1 is 1.02 bits per heavy atom. The van der Waals surface area contributed by atoms with E-state index in [2.05, 4.69) is 4.99 Å². The number of carbonyl (C=O) groups is 1. The topological polar surface area (TPSA) is 48.4 Å². The molecule has 11 heteroatoms. The summed E-state index contributed by atoms with van der Waals surface area (Å²) in [5.74, 6) is -1.43.